The number of nitrogens with zero attached hydrogens (tertiary/aromatic N) is 1. The summed E-state index contributed by atoms with van der Waals surface area (Å²) in [5, 5.41) is 1.93. The highest BCUT2D eigenvalue weighted by atomic mass is 35.5. The second kappa shape index (κ2) is 8.58. The number of halogens is 5. The molecule has 0 unspecified atom stereocenters. The van der Waals surface area contributed by atoms with E-state index in [-0.39, 0.29) is 5.69 Å². The summed E-state index contributed by atoms with van der Waals surface area (Å²) in [5.74, 6) is -1.21. The van der Waals surface area contributed by atoms with E-state index in [0.29, 0.717) is 15.9 Å². The minimum absolute atomic E-state index is 0.353. The van der Waals surface area contributed by atoms with Crippen LogP contribution in [0.4, 0.5) is 23.2 Å². The van der Waals surface area contributed by atoms with Gasteiger partial charge in [0.15, 0.2) is 0 Å². The van der Waals surface area contributed by atoms with Crippen molar-refractivity contribution in [1.82, 2.24) is 5.32 Å². The number of anilines is 1. The number of amides is 1. The van der Waals surface area contributed by atoms with Crippen LogP contribution in [0.1, 0.15) is 24.1 Å². The molecule has 0 saturated heterocycles. The molecule has 1 N–H and O–H groups in total. The molecule has 0 bridgehead atoms. The van der Waals surface area contributed by atoms with Gasteiger partial charge in [-0.25, -0.2) is 12.8 Å². The number of benzene rings is 2. The predicted molar refractivity (Wildman–Crippen MR) is 102 cm³/mol. The third-order valence-electron chi connectivity index (χ3n) is 3.98. The van der Waals surface area contributed by atoms with E-state index in [4.69, 9.17) is 11.6 Å². The van der Waals surface area contributed by atoms with Gasteiger partial charge in [0.05, 0.1) is 28.6 Å². The molecule has 2 aromatic rings. The fourth-order valence-corrected chi connectivity index (χ4v) is 3.61. The van der Waals surface area contributed by atoms with E-state index in [1.807, 2.05) is 0 Å². The van der Waals surface area contributed by atoms with Gasteiger partial charge in [-0.1, -0.05) is 23.7 Å². The average Bonchev–Trinajstić information content (AvgIpc) is 2.59. The zero-order valence-corrected chi connectivity index (χ0v) is 16.9. The van der Waals surface area contributed by atoms with Crippen LogP contribution in [0, 0.1) is 5.82 Å². The van der Waals surface area contributed by atoms with Crippen LogP contribution in [0.15, 0.2) is 42.5 Å². The zero-order chi connectivity index (χ0) is 22.0. The molecule has 5 nitrogen and oxygen atoms in total. The quantitative estimate of drug-likeness (QED) is 0.670. The average molecular weight is 453 g/mol. The molecule has 0 fully saturated rings. The van der Waals surface area contributed by atoms with E-state index in [9.17, 15) is 30.8 Å². The minimum atomic E-state index is -4.80. The lowest BCUT2D eigenvalue weighted by atomic mass is 10.1. The number of sulfonamides is 1. The van der Waals surface area contributed by atoms with Gasteiger partial charge in [-0.2, -0.15) is 13.2 Å². The van der Waals surface area contributed by atoms with Crippen molar-refractivity contribution in [2.75, 3.05) is 17.1 Å². The highest BCUT2D eigenvalue weighted by molar-refractivity contribution is 7.92. The van der Waals surface area contributed by atoms with Crippen molar-refractivity contribution in [2.24, 2.45) is 0 Å². The van der Waals surface area contributed by atoms with Crippen molar-refractivity contribution in [1.29, 1.82) is 0 Å². The number of rotatable bonds is 6. The lowest BCUT2D eigenvalue weighted by molar-refractivity contribution is -0.137. The van der Waals surface area contributed by atoms with Gasteiger partial charge in [0, 0.05) is 0 Å². The number of carbonyl (C=O) groups excluding carboxylic acids is 1. The molecule has 0 aliphatic carbocycles. The van der Waals surface area contributed by atoms with Gasteiger partial charge in [-0.05, 0) is 42.8 Å². The van der Waals surface area contributed by atoms with E-state index in [2.05, 4.69) is 5.32 Å². The van der Waals surface area contributed by atoms with Crippen LogP contribution in [0.5, 0.6) is 0 Å². The summed E-state index contributed by atoms with van der Waals surface area (Å²) in [6.07, 6.45) is -4.03. The molecule has 0 aromatic heterocycles. The molecule has 11 heteroatoms. The number of carbonyl (C=O) groups is 1. The van der Waals surface area contributed by atoms with Crippen LogP contribution in [0.2, 0.25) is 5.02 Å². The van der Waals surface area contributed by atoms with E-state index < -0.39 is 51.1 Å². The Hall–Kier alpha value is -2.33. The molecule has 0 spiro atoms. The highest BCUT2D eigenvalue weighted by Gasteiger charge is 2.34. The summed E-state index contributed by atoms with van der Waals surface area (Å²) in [5.41, 5.74) is -1.00. The Labute approximate surface area is 170 Å². The third-order valence-corrected chi connectivity index (χ3v) is 5.45. The first-order valence-corrected chi connectivity index (χ1v) is 10.4. The first kappa shape index (κ1) is 23.0. The molecule has 0 heterocycles. The summed E-state index contributed by atoms with van der Waals surface area (Å²) in [7, 11) is -4.08. The second-order valence-corrected chi connectivity index (χ2v) is 8.59. The second-order valence-electron chi connectivity index (χ2n) is 6.27. The fraction of sp³-hybridized carbons (Fsp3) is 0.278. The largest absolute Gasteiger partial charge is 0.417 e. The Morgan fingerprint density at radius 1 is 1.17 bits per heavy atom. The summed E-state index contributed by atoms with van der Waals surface area (Å²) in [6.45, 7) is 0.850. The van der Waals surface area contributed by atoms with Gasteiger partial charge in [0.2, 0.25) is 15.9 Å². The normalized spacial score (nSPS) is 13.1. The number of hydrogen-bond acceptors (Lipinski definition) is 3. The molecule has 0 radical (unpaired) electrons. The van der Waals surface area contributed by atoms with Gasteiger partial charge in [0.25, 0.3) is 0 Å². The fourth-order valence-electron chi connectivity index (χ4n) is 2.54. The highest BCUT2D eigenvalue weighted by Crippen LogP contribution is 2.37. The van der Waals surface area contributed by atoms with Crippen molar-refractivity contribution < 1.29 is 30.8 Å². The molecular weight excluding hydrogens is 436 g/mol. The van der Waals surface area contributed by atoms with Crippen LogP contribution >= 0.6 is 11.6 Å². The van der Waals surface area contributed by atoms with Crippen LogP contribution in [0.25, 0.3) is 0 Å². The summed E-state index contributed by atoms with van der Waals surface area (Å²) < 4.78 is 77.0. The van der Waals surface area contributed by atoms with Crippen molar-refractivity contribution >= 4 is 33.2 Å². The van der Waals surface area contributed by atoms with Crippen LogP contribution < -0.4 is 9.62 Å². The van der Waals surface area contributed by atoms with Crippen LogP contribution in [-0.2, 0) is 21.0 Å². The number of hydrogen-bond donors (Lipinski definition) is 1. The van der Waals surface area contributed by atoms with Crippen LogP contribution in [-0.4, -0.2) is 27.1 Å². The molecule has 0 aliphatic heterocycles. The predicted octanol–water partition coefficient (Wildman–Crippen LogP) is 4.14. The Bertz CT molecular complexity index is 995. The van der Waals surface area contributed by atoms with E-state index >= 15 is 0 Å². The SMILES string of the molecule is C[C@H](NC(=O)CN(c1ccc(Cl)c(C(F)(F)F)c1)S(C)(=O)=O)c1ccc(F)cc1. The Balaban J connectivity index is 2.26. The summed E-state index contributed by atoms with van der Waals surface area (Å²) >= 11 is 5.56. The lowest BCUT2D eigenvalue weighted by Gasteiger charge is -2.24. The van der Waals surface area contributed by atoms with Crippen molar-refractivity contribution in [3.05, 3.63) is 64.4 Å². The lowest BCUT2D eigenvalue weighted by Crippen LogP contribution is -2.41. The topological polar surface area (TPSA) is 66.5 Å². The molecule has 0 saturated carbocycles. The standard InChI is InChI=1S/C18H17ClF4N2O3S/c1-11(12-3-5-13(20)6-4-12)24-17(26)10-25(29(2,27)28)14-7-8-16(19)15(9-14)18(21,22)23/h3-9,11H,10H2,1-2H3,(H,24,26)/t11-/m0/s1. The number of alkyl halides is 3. The Morgan fingerprint density at radius 3 is 2.28 bits per heavy atom. The molecular formula is C18H17ClF4N2O3S. The summed E-state index contributed by atoms with van der Waals surface area (Å²) in [6, 6.07) is 7.28. The maximum Gasteiger partial charge on any atom is 0.417 e. The maximum atomic E-state index is 13.1. The minimum Gasteiger partial charge on any atom is -0.348 e. The van der Waals surface area contributed by atoms with Crippen LogP contribution in [0.3, 0.4) is 0 Å². The van der Waals surface area contributed by atoms with Crippen molar-refractivity contribution in [3.8, 4) is 0 Å². The maximum absolute atomic E-state index is 13.1. The van der Waals surface area contributed by atoms with E-state index in [0.717, 1.165) is 18.4 Å². The van der Waals surface area contributed by atoms with Gasteiger partial charge in [0.1, 0.15) is 12.4 Å². The molecule has 1 atom stereocenters. The molecule has 2 aromatic carbocycles. The molecule has 158 valence electrons. The van der Waals surface area contributed by atoms with Gasteiger partial charge in [-0.3, -0.25) is 9.10 Å². The van der Waals surface area contributed by atoms with Gasteiger partial charge in [-0.15, -0.1) is 0 Å². The third kappa shape index (κ3) is 6.07. The Morgan fingerprint density at radius 2 is 1.76 bits per heavy atom. The number of nitrogens with one attached hydrogen (secondary N) is 1. The van der Waals surface area contributed by atoms with Crippen molar-refractivity contribution in [3.63, 3.8) is 0 Å². The molecule has 1 amide bonds. The summed E-state index contributed by atoms with van der Waals surface area (Å²) in [4.78, 5) is 12.3. The molecule has 29 heavy (non-hydrogen) atoms. The Kier molecular flexibility index (Phi) is 6.79. The first-order valence-electron chi connectivity index (χ1n) is 8.18. The van der Waals surface area contributed by atoms with E-state index in [1.165, 1.54) is 24.3 Å². The molecule has 2 rings (SSSR count). The monoisotopic (exact) mass is 452 g/mol. The molecule has 0 aliphatic rings. The van der Waals surface area contributed by atoms with Gasteiger partial charge >= 0.3 is 6.18 Å². The first-order chi connectivity index (χ1) is 13.3. The zero-order valence-electron chi connectivity index (χ0n) is 15.3. The van der Waals surface area contributed by atoms with E-state index in [1.54, 1.807) is 6.92 Å². The van der Waals surface area contributed by atoms with Crippen molar-refractivity contribution in [2.45, 2.75) is 19.1 Å². The smallest absolute Gasteiger partial charge is 0.348 e. The van der Waals surface area contributed by atoms with Gasteiger partial charge < -0.3 is 5.32 Å².